The molecule has 4 heteroatoms. The highest BCUT2D eigenvalue weighted by Crippen LogP contribution is 2.24. The summed E-state index contributed by atoms with van der Waals surface area (Å²) in [5.74, 6) is 0.169. The molecule has 0 N–H and O–H groups in total. The largest absolute Gasteiger partial charge is 0.381 e. The van der Waals surface area contributed by atoms with Gasteiger partial charge in [0.05, 0.1) is 23.2 Å². The Kier molecular flexibility index (Phi) is 3.80. The van der Waals surface area contributed by atoms with Crippen LogP contribution in [0.15, 0.2) is 23.1 Å². The van der Waals surface area contributed by atoms with Gasteiger partial charge in [-0.25, -0.2) is 0 Å². The third kappa shape index (κ3) is 2.79. The van der Waals surface area contributed by atoms with E-state index >= 15 is 0 Å². The predicted molar refractivity (Wildman–Crippen MR) is 73.7 cm³/mol. The fraction of sp³-hybridized carbons (Fsp3) is 0.533. The molecule has 1 aliphatic carbocycles. The molecule has 2 unspecified atom stereocenters. The Morgan fingerprint density at radius 1 is 1.32 bits per heavy atom. The van der Waals surface area contributed by atoms with Crippen LogP contribution in [0.2, 0.25) is 0 Å². The Morgan fingerprint density at radius 2 is 2.16 bits per heavy atom. The molecule has 1 saturated heterocycles. The predicted octanol–water partition coefficient (Wildman–Crippen LogP) is 1.89. The molecule has 0 saturated carbocycles. The van der Waals surface area contributed by atoms with E-state index in [1.165, 1.54) is 17.5 Å². The lowest BCUT2D eigenvalue weighted by Crippen LogP contribution is -2.21. The topological polar surface area (TPSA) is 43.4 Å². The fourth-order valence-corrected chi connectivity index (χ4v) is 3.96. The zero-order valence-corrected chi connectivity index (χ0v) is 11.7. The Morgan fingerprint density at radius 3 is 2.95 bits per heavy atom. The van der Waals surface area contributed by atoms with Crippen LogP contribution in [0.4, 0.5) is 0 Å². The molecular formula is C15H18O3S. The smallest absolute Gasteiger partial charge is 0.151 e. The van der Waals surface area contributed by atoms with Crippen molar-refractivity contribution in [1.82, 2.24) is 0 Å². The molecule has 1 aromatic carbocycles. The van der Waals surface area contributed by atoms with Crippen molar-refractivity contribution in [1.29, 1.82) is 0 Å². The Hall–Kier alpha value is -1.00. The standard InChI is InChI=1S/C15H18O3S/c16-15(13-6-7-18-9-13)10-19(17)14-5-4-11-2-1-3-12(11)8-14/h4-5,8,13H,1-3,6-7,9-10H2. The molecule has 3 rings (SSSR count). The number of rotatable bonds is 4. The Balaban J connectivity index is 1.68. The summed E-state index contributed by atoms with van der Waals surface area (Å²) in [4.78, 5) is 12.8. The molecule has 102 valence electrons. The van der Waals surface area contributed by atoms with Gasteiger partial charge < -0.3 is 4.74 Å². The number of Topliss-reactive ketones (excluding diaryl/α,β-unsaturated/α-hetero) is 1. The van der Waals surface area contributed by atoms with Gasteiger partial charge >= 0.3 is 0 Å². The van der Waals surface area contributed by atoms with E-state index in [0.717, 1.165) is 24.2 Å². The van der Waals surface area contributed by atoms with Crippen LogP contribution in [0, 0.1) is 5.92 Å². The first-order valence-electron chi connectivity index (χ1n) is 6.84. The summed E-state index contributed by atoms with van der Waals surface area (Å²) in [5.41, 5.74) is 2.68. The number of benzene rings is 1. The maximum absolute atomic E-state index is 12.3. The summed E-state index contributed by atoms with van der Waals surface area (Å²) in [5, 5.41) is 0. The molecule has 0 amide bonds. The van der Waals surface area contributed by atoms with Crippen molar-refractivity contribution in [3.05, 3.63) is 29.3 Å². The molecule has 0 spiro atoms. The molecule has 0 aromatic heterocycles. The van der Waals surface area contributed by atoms with Crippen LogP contribution in [0.3, 0.4) is 0 Å². The minimum Gasteiger partial charge on any atom is -0.381 e. The molecule has 0 radical (unpaired) electrons. The number of ketones is 1. The number of ether oxygens (including phenoxy) is 1. The highest BCUT2D eigenvalue weighted by Gasteiger charge is 2.25. The number of carbonyl (C=O) groups is 1. The molecule has 3 nitrogen and oxygen atoms in total. The van der Waals surface area contributed by atoms with Crippen molar-refractivity contribution in [2.75, 3.05) is 19.0 Å². The van der Waals surface area contributed by atoms with E-state index in [1.54, 1.807) is 0 Å². The Bertz CT molecular complexity index is 518. The van der Waals surface area contributed by atoms with E-state index in [4.69, 9.17) is 4.74 Å². The zero-order chi connectivity index (χ0) is 13.2. The summed E-state index contributed by atoms with van der Waals surface area (Å²) >= 11 is 0. The molecule has 1 fully saturated rings. The van der Waals surface area contributed by atoms with E-state index in [9.17, 15) is 9.00 Å². The number of carbonyl (C=O) groups excluding carboxylic acids is 1. The normalized spacial score (nSPS) is 23.3. The summed E-state index contributed by atoms with van der Waals surface area (Å²) in [6, 6.07) is 6.01. The van der Waals surface area contributed by atoms with Crippen LogP contribution in [0.5, 0.6) is 0 Å². The highest BCUT2D eigenvalue weighted by atomic mass is 32.2. The van der Waals surface area contributed by atoms with Crippen molar-refractivity contribution >= 4 is 16.6 Å². The maximum atomic E-state index is 12.3. The number of hydrogen-bond donors (Lipinski definition) is 0. The lowest BCUT2D eigenvalue weighted by Gasteiger charge is -2.08. The number of aryl methyl sites for hydroxylation is 2. The van der Waals surface area contributed by atoms with Gasteiger partial charge in [0, 0.05) is 17.4 Å². The third-order valence-corrected chi connectivity index (χ3v) is 5.32. The van der Waals surface area contributed by atoms with Gasteiger partial charge in [0.25, 0.3) is 0 Å². The lowest BCUT2D eigenvalue weighted by molar-refractivity contribution is -0.120. The average molecular weight is 278 g/mol. The Labute approximate surface area is 115 Å². The van der Waals surface area contributed by atoms with Crippen LogP contribution in [-0.4, -0.2) is 29.0 Å². The highest BCUT2D eigenvalue weighted by molar-refractivity contribution is 7.85. The maximum Gasteiger partial charge on any atom is 0.151 e. The molecule has 2 atom stereocenters. The van der Waals surface area contributed by atoms with Crippen LogP contribution in [0.25, 0.3) is 0 Å². The van der Waals surface area contributed by atoms with E-state index in [1.807, 2.05) is 12.1 Å². The summed E-state index contributed by atoms with van der Waals surface area (Å²) in [7, 11) is -1.21. The fourth-order valence-electron chi connectivity index (χ4n) is 2.81. The van der Waals surface area contributed by atoms with Gasteiger partial charge in [-0.05, 0) is 48.9 Å². The van der Waals surface area contributed by atoms with Crippen LogP contribution < -0.4 is 0 Å². The van der Waals surface area contributed by atoms with Crippen molar-refractivity contribution in [3.63, 3.8) is 0 Å². The van der Waals surface area contributed by atoms with Crippen LogP contribution in [0.1, 0.15) is 24.0 Å². The van der Waals surface area contributed by atoms with Crippen molar-refractivity contribution in [2.45, 2.75) is 30.6 Å². The molecule has 1 aliphatic heterocycles. The van der Waals surface area contributed by atoms with Gasteiger partial charge in [-0.2, -0.15) is 0 Å². The van der Waals surface area contributed by atoms with Crippen LogP contribution >= 0.6 is 0 Å². The third-order valence-electron chi connectivity index (χ3n) is 3.99. The summed E-state index contributed by atoms with van der Waals surface area (Å²) in [6.45, 7) is 1.15. The van der Waals surface area contributed by atoms with Crippen molar-refractivity contribution < 1.29 is 13.7 Å². The van der Waals surface area contributed by atoms with Gasteiger partial charge in [0.1, 0.15) is 0 Å². The first kappa shape index (κ1) is 13.0. The van der Waals surface area contributed by atoms with Gasteiger partial charge in [-0.1, -0.05) is 6.07 Å². The minimum atomic E-state index is -1.21. The summed E-state index contributed by atoms with van der Waals surface area (Å²) < 4.78 is 17.5. The zero-order valence-electron chi connectivity index (χ0n) is 10.9. The van der Waals surface area contributed by atoms with Crippen molar-refractivity contribution in [3.8, 4) is 0 Å². The van der Waals surface area contributed by atoms with E-state index < -0.39 is 10.8 Å². The van der Waals surface area contributed by atoms with Gasteiger partial charge in [-0.15, -0.1) is 0 Å². The second kappa shape index (κ2) is 5.55. The quantitative estimate of drug-likeness (QED) is 0.844. The van der Waals surface area contributed by atoms with Gasteiger partial charge in [0.15, 0.2) is 5.78 Å². The summed E-state index contributed by atoms with van der Waals surface area (Å²) in [6.07, 6.45) is 4.16. The molecule has 0 bridgehead atoms. The molecule has 19 heavy (non-hydrogen) atoms. The van der Waals surface area contributed by atoms with Crippen molar-refractivity contribution in [2.24, 2.45) is 5.92 Å². The monoisotopic (exact) mass is 278 g/mol. The molecule has 1 heterocycles. The van der Waals surface area contributed by atoms with Crippen LogP contribution in [-0.2, 0) is 33.2 Å². The minimum absolute atomic E-state index is 0.0432. The molecule has 2 aliphatic rings. The number of hydrogen-bond acceptors (Lipinski definition) is 3. The second-order valence-electron chi connectivity index (χ2n) is 5.30. The van der Waals surface area contributed by atoms with E-state index in [2.05, 4.69) is 6.07 Å². The lowest BCUT2D eigenvalue weighted by atomic mass is 10.1. The van der Waals surface area contributed by atoms with E-state index in [0.29, 0.717) is 13.2 Å². The second-order valence-corrected chi connectivity index (χ2v) is 6.75. The molecule has 1 aromatic rings. The average Bonchev–Trinajstić information content (AvgIpc) is 3.09. The van der Waals surface area contributed by atoms with Gasteiger partial charge in [-0.3, -0.25) is 9.00 Å². The number of fused-ring (bicyclic) bond motifs is 1. The first-order valence-corrected chi connectivity index (χ1v) is 8.16. The SMILES string of the molecule is O=C(CS(=O)c1ccc2c(c1)CCC2)C1CCOC1. The van der Waals surface area contributed by atoms with Gasteiger partial charge in [0.2, 0.25) is 0 Å². The first-order chi connectivity index (χ1) is 9.24. The van der Waals surface area contributed by atoms with E-state index in [-0.39, 0.29) is 17.5 Å². The molecular weight excluding hydrogens is 260 g/mol.